The summed E-state index contributed by atoms with van der Waals surface area (Å²) in [4.78, 5) is 8.23. The number of aromatic nitrogens is 4. The molecule has 0 amide bonds. The van der Waals surface area contributed by atoms with E-state index in [1.54, 1.807) is 24.5 Å². The molecule has 0 aliphatic heterocycles. The second kappa shape index (κ2) is 3.67. The van der Waals surface area contributed by atoms with Gasteiger partial charge in [-0.25, -0.2) is 9.97 Å². The van der Waals surface area contributed by atoms with E-state index in [-0.39, 0.29) is 0 Å². The zero-order chi connectivity index (χ0) is 9.97. The van der Waals surface area contributed by atoms with Crippen molar-refractivity contribution in [3.63, 3.8) is 0 Å². The summed E-state index contributed by atoms with van der Waals surface area (Å²) in [6.45, 7) is 1.84. The molecule has 2 rings (SSSR count). The van der Waals surface area contributed by atoms with Gasteiger partial charge in [0.05, 0.1) is 5.69 Å². The second-order valence-corrected chi connectivity index (χ2v) is 3.13. The highest BCUT2D eigenvalue weighted by Crippen LogP contribution is 2.19. The lowest BCUT2D eigenvalue weighted by Gasteiger charge is -2.01. The molecule has 0 atom stereocenters. The molecule has 70 valence electrons. The Morgan fingerprint density at radius 2 is 1.86 bits per heavy atom. The molecule has 0 saturated carbocycles. The van der Waals surface area contributed by atoms with Gasteiger partial charge in [0.15, 0.2) is 11.0 Å². The van der Waals surface area contributed by atoms with Crippen LogP contribution in [0.3, 0.4) is 0 Å². The lowest BCUT2D eigenvalue weighted by Crippen LogP contribution is -1.94. The van der Waals surface area contributed by atoms with Crippen LogP contribution in [0, 0.1) is 6.92 Å². The molecule has 0 spiro atoms. The molecule has 0 saturated heterocycles. The van der Waals surface area contributed by atoms with Crippen molar-refractivity contribution in [1.29, 1.82) is 0 Å². The minimum atomic E-state index is 0.345. The summed E-state index contributed by atoms with van der Waals surface area (Å²) in [5, 5.41) is 7.96. The summed E-state index contributed by atoms with van der Waals surface area (Å²) in [5.74, 6) is 0.613. The first kappa shape index (κ1) is 9.02. The summed E-state index contributed by atoms with van der Waals surface area (Å²) in [7, 11) is 0. The molecule has 0 aliphatic rings. The summed E-state index contributed by atoms with van der Waals surface area (Å²) in [6, 6.07) is 3.47. The third-order valence-corrected chi connectivity index (χ3v) is 1.94. The molecule has 0 N–H and O–H groups in total. The Hall–Kier alpha value is -1.55. The van der Waals surface area contributed by atoms with Gasteiger partial charge in [0.1, 0.15) is 0 Å². The van der Waals surface area contributed by atoms with Gasteiger partial charge in [-0.3, -0.25) is 0 Å². The summed E-state index contributed by atoms with van der Waals surface area (Å²) in [6.07, 6.45) is 3.35. The maximum atomic E-state index is 5.74. The molecule has 0 bridgehead atoms. The monoisotopic (exact) mass is 206 g/mol. The van der Waals surface area contributed by atoms with Crippen molar-refractivity contribution in [1.82, 2.24) is 20.2 Å². The lowest BCUT2D eigenvalue weighted by atomic mass is 10.2. The number of aryl methyl sites for hydroxylation is 1. The van der Waals surface area contributed by atoms with E-state index in [1.807, 2.05) is 6.92 Å². The van der Waals surface area contributed by atoms with Gasteiger partial charge in [0.25, 0.3) is 0 Å². The van der Waals surface area contributed by atoms with E-state index in [4.69, 9.17) is 11.6 Å². The van der Waals surface area contributed by atoms with E-state index in [2.05, 4.69) is 20.2 Å². The summed E-state index contributed by atoms with van der Waals surface area (Å²) in [5.41, 5.74) is 1.58. The normalized spacial score (nSPS) is 10.1. The van der Waals surface area contributed by atoms with Gasteiger partial charge >= 0.3 is 0 Å². The molecule has 0 radical (unpaired) electrons. The standard InChI is InChI=1S/C9H7ClN4/c1-6-7(5-8(10)14-13-6)9-11-3-2-4-12-9/h2-5H,1H3. The van der Waals surface area contributed by atoms with E-state index >= 15 is 0 Å². The first-order chi connectivity index (χ1) is 6.77. The van der Waals surface area contributed by atoms with Gasteiger partial charge in [-0.2, -0.15) is 5.10 Å². The van der Waals surface area contributed by atoms with Crippen molar-refractivity contribution >= 4 is 11.6 Å². The van der Waals surface area contributed by atoms with Crippen molar-refractivity contribution < 1.29 is 0 Å². The molecule has 0 aliphatic carbocycles. The van der Waals surface area contributed by atoms with Crippen LogP contribution in [0.1, 0.15) is 5.69 Å². The molecular formula is C9H7ClN4. The van der Waals surface area contributed by atoms with E-state index in [0.29, 0.717) is 11.0 Å². The zero-order valence-corrected chi connectivity index (χ0v) is 8.23. The van der Waals surface area contributed by atoms with Crippen LogP contribution < -0.4 is 0 Å². The maximum absolute atomic E-state index is 5.74. The van der Waals surface area contributed by atoms with E-state index < -0.39 is 0 Å². The molecule has 0 aromatic carbocycles. The van der Waals surface area contributed by atoms with Crippen molar-refractivity contribution in [2.45, 2.75) is 6.92 Å². The summed E-state index contributed by atoms with van der Waals surface area (Å²) >= 11 is 5.74. The van der Waals surface area contributed by atoms with Crippen LogP contribution >= 0.6 is 11.6 Å². The van der Waals surface area contributed by atoms with Crippen LogP contribution in [0.25, 0.3) is 11.4 Å². The fourth-order valence-corrected chi connectivity index (χ4v) is 1.24. The van der Waals surface area contributed by atoms with Crippen LogP contribution in [0.2, 0.25) is 5.15 Å². The van der Waals surface area contributed by atoms with Crippen molar-refractivity contribution in [2.24, 2.45) is 0 Å². The molecule has 0 unspecified atom stereocenters. The average Bonchev–Trinajstić information content (AvgIpc) is 2.23. The third-order valence-electron chi connectivity index (χ3n) is 1.76. The summed E-state index contributed by atoms with van der Waals surface area (Å²) < 4.78 is 0. The first-order valence-corrected chi connectivity index (χ1v) is 4.42. The molecule has 5 heteroatoms. The zero-order valence-electron chi connectivity index (χ0n) is 7.48. The smallest absolute Gasteiger partial charge is 0.161 e. The highest BCUT2D eigenvalue weighted by molar-refractivity contribution is 6.29. The highest BCUT2D eigenvalue weighted by Gasteiger charge is 2.06. The molecule has 2 heterocycles. The minimum Gasteiger partial charge on any atom is -0.237 e. The lowest BCUT2D eigenvalue weighted by molar-refractivity contribution is 0.976. The van der Waals surface area contributed by atoms with Gasteiger partial charge in [-0.05, 0) is 19.1 Å². The van der Waals surface area contributed by atoms with Crippen LogP contribution in [0.4, 0.5) is 0 Å². The first-order valence-electron chi connectivity index (χ1n) is 4.04. The van der Waals surface area contributed by atoms with Crippen molar-refractivity contribution in [2.75, 3.05) is 0 Å². The molecular weight excluding hydrogens is 200 g/mol. The fraction of sp³-hybridized carbons (Fsp3) is 0.111. The number of halogens is 1. The maximum Gasteiger partial charge on any atom is 0.161 e. The average molecular weight is 207 g/mol. The Labute approximate surface area is 86.0 Å². The molecule has 14 heavy (non-hydrogen) atoms. The largest absolute Gasteiger partial charge is 0.237 e. The van der Waals surface area contributed by atoms with Crippen LogP contribution in [-0.2, 0) is 0 Å². The van der Waals surface area contributed by atoms with Crippen molar-refractivity contribution in [3.05, 3.63) is 35.4 Å². The Kier molecular flexibility index (Phi) is 2.37. The predicted octanol–water partition coefficient (Wildman–Crippen LogP) is 1.90. The second-order valence-electron chi connectivity index (χ2n) is 2.74. The van der Waals surface area contributed by atoms with Gasteiger partial charge in [0, 0.05) is 18.0 Å². The van der Waals surface area contributed by atoms with Gasteiger partial charge in [0.2, 0.25) is 0 Å². The van der Waals surface area contributed by atoms with Crippen molar-refractivity contribution in [3.8, 4) is 11.4 Å². The van der Waals surface area contributed by atoms with Crippen LogP contribution in [-0.4, -0.2) is 20.2 Å². The predicted molar refractivity (Wildman–Crippen MR) is 52.8 cm³/mol. The Morgan fingerprint density at radius 3 is 2.57 bits per heavy atom. The van der Waals surface area contributed by atoms with E-state index in [9.17, 15) is 0 Å². The quantitative estimate of drug-likeness (QED) is 0.715. The number of nitrogens with zero attached hydrogens (tertiary/aromatic N) is 4. The van der Waals surface area contributed by atoms with Crippen LogP contribution in [0.15, 0.2) is 24.5 Å². The number of hydrogen-bond acceptors (Lipinski definition) is 4. The molecule has 4 nitrogen and oxygen atoms in total. The van der Waals surface area contributed by atoms with E-state index in [0.717, 1.165) is 11.3 Å². The van der Waals surface area contributed by atoms with Gasteiger partial charge < -0.3 is 0 Å². The van der Waals surface area contributed by atoms with Gasteiger partial charge in [-0.1, -0.05) is 11.6 Å². The number of rotatable bonds is 1. The Bertz CT molecular complexity index is 444. The Morgan fingerprint density at radius 1 is 1.14 bits per heavy atom. The molecule has 2 aromatic rings. The SMILES string of the molecule is Cc1nnc(Cl)cc1-c1ncccn1. The van der Waals surface area contributed by atoms with Crippen LogP contribution in [0.5, 0.6) is 0 Å². The van der Waals surface area contributed by atoms with Gasteiger partial charge in [-0.15, -0.1) is 5.10 Å². The number of hydrogen-bond donors (Lipinski definition) is 0. The van der Waals surface area contributed by atoms with E-state index in [1.165, 1.54) is 0 Å². The molecule has 2 aromatic heterocycles. The Balaban J connectivity index is 2.57. The third kappa shape index (κ3) is 1.70. The molecule has 0 fully saturated rings. The highest BCUT2D eigenvalue weighted by atomic mass is 35.5. The fourth-order valence-electron chi connectivity index (χ4n) is 1.09. The minimum absolute atomic E-state index is 0.345. The topological polar surface area (TPSA) is 51.6 Å².